The van der Waals surface area contributed by atoms with E-state index in [4.69, 9.17) is 18.9 Å². The maximum atomic E-state index is 12.4. The normalized spacial score (nSPS) is 10.6. The Balaban J connectivity index is 2.94. The Morgan fingerprint density at radius 3 is 2.00 bits per heavy atom. The zero-order valence-corrected chi connectivity index (χ0v) is 15.3. The summed E-state index contributed by atoms with van der Waals surface area (Å²) >= 11 is 0. The molecule has 0 saturated heterocycles. The van der Waals surface area contributed by atoms with E-state index >= 15 is 0 Å². The molecule has 6 heteroatoms. The fraction of sp³-hybridized carbons (Fsp3) is 0.611. The molecule has 0 heterocycles. The Morgan fingerprint density at radius 1 is 1.00 bits per heavy atom. The minimum absolute atomic E-state index is 0.140. The van der Waals surface area contributed by atoms with E-state index in [9.17, 15) is 4.79 Å². The number of ether oxygens (including phenoxy) is 4. The first-order valence-corrected chi connectivity index (χ1v) is 8.49. The highest BCUT2D eigenvalue weighted by molar-refractivity contribution is 5.95. The highest BCUT2D eigenvalue weighted by atomic mass is 16.5. The molecule has 1 N–H and O–H groups in total. The second-order valence-electron chi connectivity index (χ2n) is 5.28. The molecule has 0 aromatic heterocycles. The van der Waals surface area contributed by atoms with Crippen molar-refractivity contribution in [1.82, 2.24) is 5.32 Å². The number of hydrogen-bond donors (Lipinski definition) is 1. The topological polar surface area (TPSA) is 66.0 Å². The molecule has 1 aromatic carbocycles. The lowest BCUT2D eigenvalue weighted by Crippen LogP contribution is -2.28. The minimum Gasteiger partial charge on any atom is -0.490 e. The number of rotatable bonds is 11. The van der Waals surface area contributed by atoms with E-state index < -0.39 is 0 Å². The minimum atomic E-state index is -0.202. The first-order valence-electron chi connectivity index (χ1n) is 8.49. The van der Waals surface area contributed by atoms with Crippen molar-refractivity contribution in [3.63, 3.8) is 0 Å². The van der Waals surface area contributed by atoms with Crippen LogP contribution in [0.3, 0.4) is 0 Å². The molecule has 0 atom stereocenters. The average molecular weight is 339 g/mol. The van der Waals surface area contributed by atoms with Crippen molar-refractivity contribution < 1.29 is 23.7 Å². The first-order chi connectivity index (χ1) is 11.5. The fourth-order valence-electron chi connectivity index (χ4n) is 2.08. The number of carbonyl (C=O) groups excluding carboxylic acids is 1. The third-order valence-corrected chi connectivity index (χ3v) is 3.01. The maximum Gasteiger partial charge on any atom is 0.251 e. The highest BCUT2D eigenvalue weighted by Crippen LogP contribution is 2.39. The van der Waals surface area contributed by atoms with Gasteiger partial charge in [0.1, 0.15) is 0 Å². The zero-order valence-electron chi connectivity index (χ0n) is 15.3. The number of nitrogens with one attached hydrogen (secondary N) is 1. The second-order valence-corrected chi connectivity index (χ2v) is 5.28. The summed E-state index contributed by atoms with van der Waals surface area (Å²) in [5.41, 5.74) is 0.468. The van der Waals surface area contributed by atoms with Crippen LogP contribution in [-0.2, 0) is 4.74 Å². The van der Waals surface area contributed by atoms with Crippen molar-refractivity contribution in [3.05, 3.63) is 17.7 Å². The summed E-state index contributed by atoms with van der Waals surface area (Å²) in [4.78, 5) is 12.4. The summed E-state index contributed by atoms with van der Waals surface area (Å²) in [6, 6.07) is 3.35. The zero-order chi connectivity index (χ0) is 17.9. The van der Waals surface area contributed by atoms with Crippen molar-refractivity contribution in [2.75, 3.05) is 33.0 Å². The molecule has 0 spiro atoms. The molecule has 0 radical (unpaired) electrons. The standard InChI is InChI=1S/C18H29NO5/c1-6-21-15-11-14(18(20)19-9-10-24-13(4)5)12-16(22-7-2)17(15)23-8-3/h11-13H,6-10H2,1-5H3,(H,19,20). The summed E-state index contributed by atoms with van der Waals surface area (Å²) in [7, 11) is 0. The van der Waals surface area contributed by atoms with Crippen LogP contribution in [0.4, 0.5) is 0 Å². The molecular weight excluding hydrogens is 310 g/mol. The summed E-state index contributed by atoms with van der Waals surface area (Å²) in [6.07, 6.45) is 0.140. The summed E-state index contributed by atoms with van der Waals surface area (Å²) in [5.74, 6) is 1.34. The monoisotopic (exact) mass is 339 g/mol. The molecule has 0 aliphatic rings. The van der Waals surface area contributed by atoms with Gasteiger partial charge >= 0.3 is 0 Å². The van der Waals surface area contributed by atoms with Crippen molar-refractivity contribution in [1.29, 1.82) is 0 Å². The van der Waals surface area contributed by atoms with E-state index in [2.05, 4.69) is 5.32 Å². The predicted molar refractivity (Wildman–Crippen MR) is 93.4 cm³/mol. The van der Waals surface area contributed by atoms with Crippen LogP contribution in [0.2, 0.25) is 0 Å². The number of hydrogen-bond acceptors (Lipinski definition) is 5. The molecule has 0 saturated carbocycles. The Hall–Kier alpha value is -1.95. The molecule has 1 aromatic rings. The highest BCUT2D eigenvalue weighted by Gasteiger charge is 2.18. The van der Waals surface area contributed by atoms with Gasteiger partial charge in [-0.25, -0.2) is 0 Å². The average Bonchev–Trinajstić information content (AvgIpc) is 2.54. The van der Waals surface area contributed by atoms with Crippen LogP contribution in [0.25, 0.3) is 0 Å². The van der Waals surface area contributed by atoms with Gasteiger partial charge in [0.05, 0.1) is 32.5 Å². The van der Waals surface area contributed by atoms with Gasteiger partial charge in [-0.05, 0) is 46.8 Å². The molecule has 0 bridgehead atoms. The van der Waals surface area contributed by atoms with Crippen LogP contribution in [0.5, 0.6) is 17.2 Å². The molecule has 6 nitrogen and oxygen atoms in total. The molecule has 0 fully saturated rings. The van der Waals surface area contributed by atoms with E-state index in [-0.39, 0.29) is 12.0 Å². The molecule has 0 aliphatic heterocycles. The van der Waals surface area contributed by atoms with Crippen LogP contribution in [0, 0.1) is 0 Å². The van der Waals surface area contributed by atoms with Crippen molar-refractivity contribution >= 4 is 5.91 Å². The summed E-state index contributed by atoms with van der Waals surface area (Å²) < 4.78 is 22.3. The van der Waals surface area contributed by atoms with Crippen LogP contribution < -0.4 is 19.5 Å². The third-order valence-electron chi connectivity index (χ3n) is 3.01. The van der Waals surface area contributed by atoms with Crippen LogP contribution in [0.15, 0.2) is 12.1 Å². The molecule has 1 rings (SSSR count). The maximum absolute atomic E-state index is 12.4. The number of amides is 1. The van der Waals surface area contributed by atoms with Gasteiger partial charge in [-0.2, -0.15) is 0 Å². The number of carbonyl (C=O) groups is 1. The predicted octanol–water partition coefficient (Wildman–Crippen LogP) is 3.04. The van der Waals surface area contributed by atoms with E-state index in [0.717, 1.165) is 0 Å². The van der Waals surface area contributed by atoms with Crippen molar-refractivity contribution in [3.8, 4) is 17.2 Å². The van der Waals surface area contributed by atoms with Crippen molar-refractivity contribution in [2.24, 2.45) is 0 Å². The largest absolute Gasteiger partial charge is 0.490 e. The number of benzene rings is 1. The summed E-state index contributed by atoms with van der Waals surface area (Å²) in [6.45, 7) is 11.9. The van der Waals surface area contributed by atoms with Gasteiger partial charge < -0.3 is 24.3 Å². The van der Waals surface area contributed by atoms with Gasteiger partial charge in [-0.15, -0.1) is 0 Å². The van der Waals surface area contributed by atoms with Crippen LogP contribution in [0.1, 0.15) is 45.0 Å². The first kappa shape index (κ1) is 20.1. The van der Waals surface area contributed by atoms with Crippen LogP contribution in [-0.4, -0.2) is 45.0 Å². The smallest absolute Gasteiger partial charge is 0.251 e. The van der Waals surface area contributed by atoms with E-state index in [1.54, 1.807) is 12.1 Å². The van der Waals surface area contributed by atoms with Gasteiger partial charge in [-0.3, -0.25) is 4.79 Å². The fourth-order valence-corrected chi connectivity index (χ4v) is 2.08. The van der Waals surface area contributed by atoms with E-state index in [1.807, 2.05) is 34.6 Å². The van der Waals surface area contributed by atoms with Gasteiger partial charge in [0.2, 0.25) is 5.75 Å². The lowest BCUT2D eigenvalue weighted by molar-refractivity contribution is 0.0746. The lowest BCUT2D eigenvalue weighted by Gasteiger charge is -2.17. The van der Waals surface area contributed by atoms with Crippen LogP contribution >= 0.6 is 0 Å². The molecule has 0 unspecified atom stereocenters. The Labute approximate surface area is 144 Å². The molecule has 0 aliphatic carbocycles. The molecule has 136 valence electrons. The third kappa shape index (κ3) is 6.28. The SMILES string of the molecule is CCOc1cc(C(=O)NCCOC(C)C)cc(OCC)c1OCC. The Morgan fingerprint density at radius 2 is 1.54 bits per heavy atom. The molecular formula is C18H29NO5. The Bertz CT molecular complexity index is 489. The quantitative estimate of drug-likeness (QED) is 0.628. The molecule has 1 amide bonds. The van der Waals surface area contributed by atoms with E-state index in [1.165, 1.54) is 0 Å². The second kappa shape index (κ2) is 10.8. The Kier molecular flexibility index (Phi) is 9.01. The van der Waals surface area contributed by atoms with Gasteiger partial charge in [0.25, 0.3) is 5.91 Å². The molecule has 24 heavy (non-hydrogen) atoms. The van der Waals surface area contributed by atoms with Crippen molar-refractivity contribution in [2.45, 2.75) is 40.7 Å². The van der Waals surface area contributed by atoms with Gasteiger partial charge in [0, 0.05) is 12.1 Å². The van der Waals surface area contributed by atoms with Gasteiger partial charge in [-0.1, -0.05) is 0 Å². The summed E-state index contributed by atoms with van der Waals surface area (Å²) in [5, 5.41) is 2.83. The van der Waals surface area contributed by atoms with E-state index in [0.29, 0.717) is 55.8 Å². The lowest BCUT2D eigenvalue weighted by atomic mass is 10.1. The van der Waals surface area contributed by atoms with Gasteiger partial charge in [0.15, 0.2) is 11.5 Å².